The fraction of sp³-hybridized carbons (Fsp3) is 0.444. The summed E-state index contributed by atoms with van der Waals surface area (Å²) in [5, 5.41) is -0.136. The van der Waals surface area contributed by atoms with Crippen LogP contribution in [0, 0.1) is 0 Å². The normalized spacial score (nSPS) is 13.0. The van der Waals surface area contributed by atoms with Crippen molar-refractivity contribution in [1.82, 2.24) is 9.71 Å². The minimum atomic E-state index is -1.03. The van der Waals surface area contributed by atoms with Gasteiger partial charge in [-0.3, -0.25) is 9.59 Å². The minimum absolute atomic E-state index is 0.149. The van der Waals surface area contributed by atoms with Crippen molar-refractivity contribution in [2.45, 2.75) is 44.2 Å². The molecule has 2 aromatic rings. The maximum atomic E-state index is 12.9. The molecule has 0 aliphatic rings. The fourth-order valence-electron chi connectivity index (χ4n) is 2.19. The van der Waals surface area contributed by atoms with E-state index in [-0.39, 0.29) is 18.4 Å². The average molecular weight is 394 g/mol. The summed E-state index contributed by atoms with van der Waals surface area (Å²) in [7, 11) is 0. The molecular weight excluding hydrogens is 372 g/mol. The highest BCUT2D eigenvalue weighted by molar-refractivity contribution is 8.00. The number of thioether (sulfide) groups is 1. The third kappa shape index (κ3) is 5.00. The van der Waals surface area contributed by atoms with Crippen LogP contribution in [0.25, 0.3) is 10.9 Å². The van der Waals surface area contributed by atoms with Crippen LogP contribution in [0.1, 0.15) is 27.7 Å². The topological polar surface area (TPSA) is 96.7 Å². The SMILES string of the molecule is CCOC(=O)[C@@H](C)On1c(S[C@H](C)C(=O)OCC)nc2ccccc2c1=O. The number of hydrogen-bond acceptors (Lipinski definition) is 8. The first-order chi connectivity index (χ1) is 12.9. The Bertz CT molecular complexity index is 882. The molecular formula is C18H22N2O6S. The van der Waals surface area contributed by atoms with Crippen molar-refractivity contribution in [2.75, 3.05) is 13.2 Å². The van der Waals surface area contributed by atoms with Crippen LogP contribution < -0.4 is 10.4 Å². The van der Waals surface area contributed by atoms with Crippen molar-refractivity contribution in [1.29, 1.82) is 0 Å². The highest BCUT2D eigenvalue weighted by Crippen LogP contribution is 2.23. The molecule has 0 bridgehead atoms. The highest BCUT2D eigenvalue weighted by atomic mass is 32.2. The molecule has 1 aromatic heterocycles. The number of ether oxygens (including phenoxy) is 2. The summed E-state index contributed by atoms with van der Waals surface area (Å²) in [4.78, 5) is 46.6. The lowest BCUT2D eigenvalue weighted by Gasteiger charge is -2.18. The lowest BCUT2D eigenvalue weighted by molar-refractivity contribution is -0.156. The number of rotatable bonds is 8. The summed E-state index contributed by atoms with van der Waals surface area (Å²) in [6.45, 7) is 6.95. The Hall–Kier alpha value is -2.55. The molecule has 0 amide bonds. The van der Waals surface area contributed by atoms with Gasteiger partial charge in [0.25, 0.3) is 5.56 Å². The van der Waals surface area contributed by atoms with Crippen molar-refractivity contribution in [3.8, 4) is 0 Å². The summed E-state index contributed by atoms with van der Waals surface area (Å²) in [5.74, 6) is -1.04. The van der Waals surface area contributed by atoms with E-state index in [4.69, 9.17) is 14.3 Å². The van der Waals surface area contributed by atoms with Crippen LogP contribution in [0.2, 0.25) is 0 Å². The van der Waals surface area contributed by atoms with Gasteiger partial charge in [0, 0.05) is 0 Å². The van der Waals surface area contributed by atoms with Gasteiger partial charge >= 0.3 is 11.9 Å². The van der Waals surface area contributed by atoms with Gasteiger partial charge in [-0.1, -0.05) is 23.9 Å². The van der Waals surface area contributed by atoms with Gasteiger partial charge in [0.15, 0.2) is 0 Å². The number of esters is 2. The number of hydrogen-bond donors (Lipinski definition) is 0. The summed E-state index contributed by atoms with van der Waals surface area (Å²) in [6.07, 6.45) is -1.03. The van der Waals surface area contributed by atoms with Crippen LogP contribution in [0.4, 0.5) is 0 Å². The van der Waals surface area contributed by atoms with Crippen LogP contribution in [0.15, 0.2) is 34.2 Å². The number of nitrogens with zero attached hydrogens (tertiary/aromatic N) is 2. The molecule has 1 aromatic carbocycles. The van der Waals surface area contributed by atoms with Gasteiger partial charge < -0.3 is 14.3 Å². The van der Waals surface area contributed by atoms with E-state index in [0.29, 0.717) is 10.9 Å². The smallest absolute Gasteiger partial charge is 0.349 e. The lowest BCUT2D eigenvalue weighted by atomic mass is 10.2. The van der Waals surface area contributed by atoms with Crippen molar-refractivity contribution in [2.24, 2.45) is 0 Å². The van der Waals surface area contributed by atoms with E-state index in [1.807, 2.05) is 0 Å². The van der Waals surface area contributed by atoms with Crippen LogP contribution in [0.3, 0.4) is 0 Å². The summed E-state index contributed by atoms with van der Waals surface area (Å²) < 4.78 is 10.8. The van der Waals surface area contributed by atoms with Crippen LogP contribution in [-0.4, -0.2) is 46.2 Å². The second-order valence-corrected chi connectivity index (χ2v) is 6.83. The maximum absolute atomic E-state index is 12.9. The third-order valence-electron chi connectivity index (χ3n) is 3.49. The largest absolute Gasteiger partial charge is 0.465 e. The Balaban J connectivity index is 2.45. The molecule has 0 aliphatic carbocycles. The van der Waals surface area contributed by atoms with Gasteiger partial charge in [0.1, 0.15) is 5.25 Å². The van der Waals surface area contributed by atoms with Gasteiger partial charge in [-0.15, -0.1) is 4.73 Å². The molecule has 2 rings (SSSR count). The van der Waals surface area contributed by atoms with Gasteiger partial charge in [0.05, 0.1) is 24.1 Å². The molecule has 27 heavy (non-hydrogen) atoms. The number of benzene rings is 1. The maximum Gasteiger partial charge on any atom is 0.349 e. The summed E-state index contributed by atoms with van der Waals surface area (Å²) in [6, 6.07) is 6.76. The number of para-hydroxylation sites is 1. The standard InChI is InChI=1S/C18H22N2O6S/c1-5-24-16(22)11(3)26-20-15(21)13-9-7-8-10-14(13)19-18(20)27-12(4)17(23)25-6-2/h7-12H,5-6H2,1-4H3/t11-,12-/m1/s1. The molecule has 0 saturated carbocycles. The van der Waals surface area contributed by atoms with Crippen LogP contribution >= 0.6 is 11.8 Å². The monoisotopic (exact) mass is 394 g/mol. The van der Waals surface area contributed by atoms with Crippen LogP contribution in [0.5, 0.6) is 0 Å². The molecule has 0 radical (unpaired) electrons. The first-order valence-corrected chi connectivity index (χ1v) is 9.45. The first kappa shape index (κ1) is 20.8. The van der Waals surface area contributed by atoms with E-state index in [0.717, 1.165) is 16.5 Å². The second-order valence-electron chi connectivity index (χ2n) is 5.52. The van der Waals surface area contributed by atoms with Gasteiger partial charge in [-0.05, 0) is 39.8 Å². The molecule has 1 heterocycles. The Morgan fingerprint density at radius 2 is 1.74 bits per heavy atom. The molecule has 9 heteroatoms. The Labute approximate surface area is 160 Å². The molecule has 0 fully saturated rings. The fourth-order valence-corrected chi connectivity index (χ4v) is 3.04. The quantitative estimate of drug-likeness (QED) is 0.380. The van der Waals surface area contributed by atoms with Gasteiger partial charge in [-0.25, -0.2) is 9.78 Å². The second kappa shape index (κ2) is 9.40. The molecule has 0 N–H and O–H groups in total. The molecule has 0 unspecified atom stereocenters. The van der Waals surface area contributed by atoms with Crippen molar-refractivity contribution in [3.05, 3.63) is 34.6 Å². The predicted octanol–water partition coefficient (Wildman–Crippen LogP) is 1.82. The van der Waals surface area contributed by atoms with E-state index in [1.165, 1.54) is 6.92 Å². The Morgan fingerprint density at radius 3 is 2.41 bits per heavy atom. The van der Waals surface area contributed by atoms with E-state index >= 15 is 0 Å². The van der Waals surface area contributed by atoms with Gasteiger partial charge in [-0.2, -0.15) is 0 Å². The zero-order chi connectivity index (χ0) is 20.0. The summed E-state index contributed by atoms with van der Waals surface area (Å²) >= 11 is 1.01. The molecule has 8 nitrogen and oxygen atoms in total. The van der Waals surface area contributed by atoms with Crippen molar-refractivity contribution in [3.63, 3.8) is 0 Å². The van der Waals surface area contributed by atoms with E-state index < -0.39 is 28.9 Å². The number of carbonyl (C=O) groups is 2. The molecule has 0 saturated heterocycles. The number of aromatic nitrogens is 2. The average Bonchev–Trinajstić information content (AvgIpc) is 2.65. The number of carbonyl (C=O) groups excluding carboxylic acids is 2. The zero-order valence-electron chi connectivity index (χ0n) is 15.6. The highest BCUT2D eigenvalue weighted by Gasteiger charge is 2.24. The lowest BCUT2D eigenvalue weighted by Crippen LogP contribution is -2.39. The first-order valence-electron chi connectivity index (χ1n) is 8.57. The number of fused-ring (bicyclic) bond motifs is 1. The molecule has 0 aliphatic heterocycles. The summed E-state index contributed by atoms with van der Waals surface area (Å²) in [5.41, 5.74) is -0.0139. The predicted molar refractivity (Wildman–Crippen MR) is 101 cm³/mol. The van der Waals surface area contributed by atoms with E-state index in [2.05, 4.69) is 4.98 Å². The molecule has 2 atom stereocenters. The third-order valence-corrected chi connectivity index (χ3v) is 4.51. The van der Waals surface area contributed by atoms with Crippen molar-refractivity contribution < 1.29 is 23.9 Å². The van der Waals surface area contributed by atoms with Crippen LogP contribution in [-0.2, 0) is 19.1 Å². The Kier molecular flexibility index (Phi) is 7.23. The van der Waals surface area contributed by atoms with E-state index in [1.54, 1.807) is 45.0 Å². The minimum Gasteiger partial charge on any atom is -0.465 e. The van der Waals surface area contributed by atoms with Crippen molar-refractivity contribution >= 4 is 34.6 Å². The van der Waals surface area contributed by atoms with Gasteiger partial charge in [0.2, 0.25) is 11.3 Å². The zero-order valence-corrected chi connectivity index (χ0v) is 16.4. The molecule has 0 spiro atoms. The Morgan fingerprint density at radius 1 is 1.11 bits per heavy atom. The van der Waals surface area contributed by atoms with E-state index in [9.17, 15) is 14.4 Å². The molecule has 146 valence electrons.